The van der Waals surface area contributed by atoms with Crippen LogP contribution in [-0.2, 0) is 11.2 Å². The van der Waals surface area contributed by atoms with Crippen molar-refractivity contribution in [3.63, 3.8) is 0 Å². The number of likely N-dealkylation sites (tertiary alicyclic amines) is 1. The number of amides is 1. The van der Waals surface area contributed by atoms with Gasteiger partial charge in [0.2, 0.25) is 0 Å². The lowest BCUT2D eigenvalue weighted by Crippen LogP contribution is -2.40. The second-order valence-electron chi connectivity index (χ2n) is 6.67. The third-order valence-corrected chi connectivity index (χ3v) is 3.64. The van der Waals surface area contributed by atoms with E-state index in [0.29, 0.717) is 18.7 Å². The van der Waals surface area contributed by atoms with Gasteiger partial charge in [-0.1, -0.05) is 0 Å². The van der Waals surface area contributed by atoms with Crippen LogP contribution < -0.4 is 4.74 Å². The van der Waals surface area contributed by atoms with E-state index in [1.165, 1.54) is 19.2 Å². The summed E-state index contributed by atoms with van der Waals surface area (Å²) in [5.74, 6) is 0.174. The number of hydrogen-bond acceptors (Lipinski definition) is 3. The molecule has 0 bridgehead atoms. The minimum absolute atomic E-state index is 0.0429. The lowest BCUT2D eigenvalue weighted by Gasteiger charge is -2.28. The third-order valence-electron chi connectivity index (χ3n) is 3.64. The van der Waals surface area contributed by atoms with Crippen LogP contribution in [0.4, 0.5) is 9.18 Å². The highest BCUT2D eigenvalue weighted by molar-refractivity contribution is 5.69. The summed E-state index contributed by atoms with van der Waals surface area (Å²) >= 11 is 0. The zero-order valence-corrected chi connectivity index (χ0v) is 13.7. The Balaban J connectivity index is 2.08. The summed E-state index contributed by atoms with van der Waals surface area (Å²) in [5, 5.41) is 0. The molecule has 1 unspecified atom stereocenters. The van der Waals surface area contributed by atoms with Crippen molar-refractivity contribution in [3.05, 3.63) is 29.6 Å². The molecule has 1 aromatic rings. The molecular formula is C17H24FNO3. The smallest absolute Gasteiger partial charge is 0.410 e. The molecule has 0 aliphatic carbocycles. The van der Waals surface area contributed by atoms with Crippen molar-refractivity contribution in [2.24, 2.45) is 0 Å². The predicted molar refractivity (Wildman–Crippen MR) is 82.6 cm³/mol. The van der Waals surface area contributed by atoms with Gasteiger partial charge in [0.05, 0.1) is 7.11 Å². The third kappa shape index (κ3) is 4.36. The summed E-state index contributed by atoms with van der Waals surface area (Å²) in [5.41, 5.74) is 0.323. The summed E-state index contributed by atoms with van der Waals surface area (Å²) in [4.78, 5) is 14.0. The SMILES string of the molecule is COc1cc(F)cc(CC2CCCN2C(=O)OC(C)(C)C)c1. The predicted octanol–water partition coefficient (Wildman–Crippen LogP) is 3.78. The monoisotopic (exact) mass is 309 g/mol. The number of hydrogen-bond donors (Lipinski definition) is 0. The second kappa shape index (κ2) is 6.55. The minimum Gasteiger partial charge on any atom is -0.497 e. The summed E-state index contributed by atoms with van der Waals surface area (Å²) < 4.78 is 24.1. The fourth-order valence-corrected chi connectivity index (χ4v) is 2.74. The number of carbonyl (C=O) groups excluding carboxylic acids is 1. The fourth-order valence-electron chi connectivity index (χ4n) is 2.74. The molecule has 5 heteroatoms. The van der Waals surface area contributed by atoms with E-state index in [1.807, 2.05) is 26.8 Å². The minimum atomic E-state index is -0.508. The summed E-state index contributed by atoms with van der Waals surface area (Å²) in [6.07, 6.45) is 2.15. The molecule has 22 heavy (non-hydrogen) atoms. The van der Waals surface area contributed by atoms with Crippen LogP contribution >= 0.6 is 0 Å². The first-order valence-corrected chi connectivity index (χ1v) is 7.61. The number of benzene rings is 1. The van der Waals surface area contributed by atoms with E-state index in [1.54, 1.807) is 4.90 Å². The number of rotatable bonds is 3. The molecule has 1 aliphatic rings. The van der Waals surface area contributed by atoms with Gasteiger partial charge < -0.3 is 14.4 Å². The molecule has 0 spiro atoms. The summed E-state index contributed by atoms with van der Waals surface area (Å²) in [6.45, 7) is 6.25. The van der Waals surface area contributed by atoms with Crippen molar-refractivity contribution < 1.29 is 18.7 Å². The Hall–Kier alpha value is -1.78. The summed E-state index contributed by atoms with van der Waals surface area (Å²) in [7, 11) is 1.52. The zero-order chi connectivity index (χ0) is 16.3. The molecular weight excluding hydrogens is 285 g/mol. The molecule has 1 saturated heterocycles. The molecule has 1 amide bonds. The van der Waals surface area contributed by atoms with Crippen LogP contribution in [0.2, 0.25) is 0 Å². The standard InChI is InChI=1S/C17H24FNO3/c1-17(2,3)22-16(20)19-7-5-6-14(19)9-12-8-13(18)11-15(10-12)21-4/h8,10-11,14H,5-7,9H2,1-4H3. The lowest BCUT2D eigenvalue weighted by atomic mass is 10.0. The molecule has 1 aliphatic heterocycles. The van der Waals surface area contributed by atoms with Crippen LogP contribution in [0, 0.1) is 5.82 Å². The molecule has 122 valence electrons. The molecule has 0 radical (unpaired) electrons. The van der Waals surface area contributed by atoms with Crippen LogP contribution in [0.5, 0.6) is 5.75 Å². The maximum Gasteiger partial charge on any atom is 0.410 e. The highest BCUT2D eigenvalue weighted by Crippen LogP contribution is 2.25. The molecule has 1 atom stereocenters. The van der Waals surface area contributed by atoms with Gasteiger partial charge in [0.15, 0.2) is 0 Å². The van der Waals surface area contributed by atoms with Gasteiger partial charge >= 0.3 is 6.09 Å². The highest BCUT2D eigenvalue weighted by atomic mass is 19.1. The van der Waals surface area contributed by atoms with Crippen molar-refractivity contribution in [2.75, 3.05) is 13.7 Å². The molecule has 0 aromatic heterocycles. The van der Waals surface area contributed by atoms with Crippen LogP contribution in [0.3, 0.4) is 0 Å². The van der Waals surface area contributed by atoms with Gasteiger partial charge in [-0.3, -0.25) is 0 Å². The van der Waals surface area contributed by atoms with Gasteiger partial charge in [-0.2, -0.15) is 0 Å². The highest BCUT2D eigenvalue weighted by Gasteiger charge is 2.32. The average Bonchev–Trinajstić information content (AvgIpc) is 2.84. The fraction of sp³-hybridized carbons (Fsp3) is 0.588. The Labute approximate surface area is 131 Å². The van der Waals surface area contributed by atoms with Gasteiger partial charge in [0, 0.05) is 18.7 Å². The molecule has 0 saturated carbocycles. The molecule has 4 nitrogen and oxygen atoms in total. The number of methoxy groups -OCH3 is 1. The molecule has 1 aromatic carbocycles. The lowest BCUT2D eigenvalue weighted by molar-refractivity contribution is 0.0227. The first-order valence-electron chi connectivity index (χ1n) is 7.61. The van der Waals surface area contributed by atoms with Crippen LogP contribution in [0.1, 0.15) is 39.2 Å². The molecule has 1 heterocycles. The Kier molecular flexibility index (Phi) is 4.94. The Morgan fingerprint density at radius 2 is 2.09 bits per heavy atom. The van der Waals surface area contributed by atoms with E-state index >= 15 is 0 Å². The van der Waals surface area contributed by atoms with Gasteiger partial charge in [-0.25, -0.2) is 9.18 Å². The quantitative estimate of drug-likeness (QED) is 0.853. The van der Waals surface area contributed by atoms with E-state index in [-0.39, 0.29) is 18.0 Å². The maximum absolute atomic E-state index is 13.6. The van der Waals surface area contributed by atoms with E-state index in [4.69, 9.17) is 9.47 Å². The van der Waals surface area contributed by atoms with E-state index in [9.17, 15) is 9.18 Å². The first-order chi connectivity index (χ1) is 10.3. The summed E-state index contributed by atoms with van der Waals surface area (Å²) in [6, 6.07) is 4.70. The van der Waals surface area contributed by atoms with Crippen molar-refractivity contribution in [1.82, 2.24) is 4.90 Å². The van der Waals surface area contributed by atoms with Crippen molar-refractivity contribution in [1.29, 1.82) is 0 Å². The number of halogens is 1. The zero-order valence-electron chi connectivity index (χ0n) is 13.7. The van der Waals surface area contributed by atoms with E-state index in [0.717, 1.165) is 18.4 Å². The topological polar surface area (TPSA) is 38.8 Å². The van der Waals surface area contributed by atoms with Crippen LogP contribution in [0.25, 0.3) is 0 Å². The van der Waals surface area contributed by atoms with Crippen molar-refractivity contribution in [2.45, 2.75) is 51.7 Å². The largest absolute Gasteiger partial charge is 0.497 e. The van der Waals surface area contributed by atoms with Gasteiger partial charge in [-0.15, -0.1) is 0 Å². The maximum atomic E-state index is 13.6. The normalized spacial score (nSPS) is 18.4. The molecule has 2 rings (SSSR count). The van der Waals surface area contributed by atoms with Crippen LogP contribution in [-0.4, -0.2) is 36.3 Å². The van der Waals surface area contributed by atoms with Gasteiger partial charge in [0.25, 0.3) is 0 Å². The first kappa shape index (κ1) is 16.6. The molecule has 1 fully saturated rings. The van der Waals surface area contributed by atoms with Gasteiger partial charge in [-0.05, 0) is 57.7 Å². The van der Waals surface area contributed by atoms with E-state index < -0.39 is 5.60 Å². The average molecular weight is 309 g/mol. The molecule has 0 N–H and O–H groups in total. The Bertz CT molecular complexity index is 539. The number of ether oxygens (including phenoxy) is 2. The Morgan fingerprint density at radius 1 is 1.36 bits per heavy atom. The second-order valence-corrected chi connectivity index (χ2v) is 6.67. The number of nitrogens with zero attached hydrogens (tertiary/aromatic N) is 1. The van der Waals surface area contributed by atoms with Crippen molar-refractivity contribution in [3.8, 4) is 5.75 Å². The van der Waals surface area contributed by atoms with Crippen LogP contribution in [0.15, 0.2) is 18.2 Å². The van der Waals surface area contributed by atoms with Gasteiger partial charge in [0.1, 0.15) is 17.2 Å². The van der Waals surface area contributed by atoms with E-state index in [2.05, 4.69) is 0 Å². The number of carbonyl (C=O) groups is 1. The Morgan fingerprint density at radius 3 is 2.73 bits per heavy atom. The van der Waals surface area contributed by atoms with Crippen molar-refractivity contribution >= 4 is 6.09 Å².